The lowest BCUT2D eigenvalue weighted by molar-refractivity contribution is -0.122. The Kier molecular flexibility index (Phi) is 3.29. The van der Waals surface area contributed by atoms with Crippen molar-refractivity contribution in [1.29, 1.82) is 0 Å². The van der Waals surface area contributed by atoms with E-state index in [0.29, 0.717) is 5.54 Å². The fourth-order valence-corrected chi connectivity index (χ4v) is 1.99. The number of rotatable bonds is 1. The van der Waals surface area contributed by atoms with Gasteiger partial charge in [-0.3, -0.25) is 4.79 Å². The molecule has 1 spiro atoms. The summed E-state index contributed by atoms with van der Waals surface area (Å²) in [5.41, 5.74) is 0.327. The van der Waals surface area contributed by atoms with Gasteiger partial charge in [-0.05, 0) is 25.8 Å². The number of amides is 1. The summed E-state index contributed by atoms with van der Waals surface area (Å²) < 4.78 is 0. The Morgan fingerprint density at radius 3 is 2.36 bits per heavy atom. The van der Waals surface area contributed by atoms with Crippen LogP contribution in [0.2, 0.25) is 0 Å². The number of hydrogen-bond acceptors (Lipinski definition) is 3. The Bertz CT molecular complexity index is 219. The minimum Gasteiger partial charge on any atom is -0.483 e. The zero-order valence-electron chi connectivity index (χ0n) is 7.69. The second-order valence-electron chi connectivity index (χ2n) is 3.62. The maximum Gasteiger partial charge on any atom is 0.404 e. The van der Waals surface area contributed by atoms with Crippen LogP contribution in [0.25, 0.3) is 0 Å². The van der Waals surface area contributed by atoms with Crippen LogP contribution in [0.5, 0.6) is 0 Å². The SMILES string of the molecule is O=C(O)NC1CC2(CCN2)C1.O=CO. The largest absolute Gasteiger partial charge is 0.483 e. The average molecular weight is 202 g/mol. The van der Waals surface area contributed by atoms with Gasteiger partial charge >= 0.3 is 6.09 Å². The molecular weight excluding hydrogens is 188 g/mol. The molecule has 0 unspecified atom stereocenters. The first kappa shape index (κ1) is 10.8. The normalized spacial score (nSPS) is 33.0. The summed E-state index contributed by atoms with van der Waals surface area (Å²) in [6, 6.07) is 0.195. The highest BCUT2D eigenvalue weighted by Crippen LogP contribution is 2.39. The molecule has 0 atom stereocenters. The van der Waals surface area contributed by atoms with Crippen molar-refractivity contribution in [2.24, 2.45) is 0 Å². The highest BCUT2D eigenvalue weighted by atomic mass is 16.4. The van der Waals surface area contributed by atoms with Crippen LogP contribution in [0.3, 0.4) is 0 Å². The summed E-state index contributed by atoms with van der Waals surface area (Å²) in [4.78, 5) is 18.5. The van der Waals surface area contributed by atoms with Gasteiger partial charge in [0.2, 0.25) is 0 Å². The van der Waals surface area contributed by atoms with Gasteiger partial charge in [0.15, 0.2) is 0 Å². The maximum absolute atomic E-state index is 10.2. The first-order valence-electron chi connectivity index (χ1n) is 4.44. The van der Waals surface area contributed by atoms with Gasteiger partial charge < -0.3 is 20.8 Å². The lowest BCUT2D eigenvalue weighted by atomic mass is 9.66. The summed E-state index contributed by atoms with van der Waals surface area (Å²) in [6.45, 7) is 0.847. The summed E-state index contributed by atoms with van der Waals surface area (Å²) in [5, 5.41) is 21.1. The molecule has 2 rings (SSSR count). The molecule has 2 fully saturated rings. The number of carboxylic acid groups (broad SMARTS) is 2. The molecule has 1 aliphatic heterocycles. The van der Waals surface area contributed by atoms with Crippen molar-refractivity contribution >= 4 is 12.6 Å². The van der Waals surface area contributed by atoms with E-state index in [0.717, 1.165) is 19.4 Å². The first-order chi connectivity index (χ1) is 6.62. The fraction of sp³-hybridized carbons (Fsp3) is 0.750. The van der Waals surface area contributed by atoms with Crippen molar-refractivity contribution in [2.75, 3.05) is 6.54 Å². The molecule has 0 aromatic carbocycles. The van der Waals surface area contributed by atoms with Gasteiger partial charge in [-0.15, -0.1) is 0 Å². The Hall–Kier alpha value is -1.30. The zero-order valence-corrected chi connectivity index (χ0v) is 7.69. The zero-order chi connectivity index (χ0) is 10.6. The molecule has 1 amide bonds. The van der Waals surface area contributed by atoms with Gasteiger partial charge in [0.05, 0.1) is 0 Å². The summed E-state index contributed by atoms with van der Waals surface area (Å²) in [7, 11) is 0. The predicted octanol–water partition coefficient (Wildman–Crippen LogP) is -0.151. The standard InChI is InChI=1S/C7H12N2O2.CH2O2/c10-6(11)9-5-3-7(4-5)1-2-8-7;2-1-3/h5,8-9H,1-4H2,(H,10,11);1H,(H,2,3). The molecule has 1 saturated carbocycles. The monoisotopic (exact) mass is 202 g/mol. The van der Waals surface area contributed by atoms with E-state index < -0.39 is 6.09 Å². The van der Waals surface area contributed by atoms with E-state index in [2.05, 4.69) is 10.6 Å². The smallest absolute Gasteiger partial charge is 0.404 e. The van der Waals surface area contributed by atoms with Crippen LogP contribution >= 0.6 is 0 Å². The Morgan fingerprint density at radius 2 is 2.07 bits per heavy atom. The van der Waals surface area contributed by atoms with E-state index in [1.54, 1.807) is 0 Å². The molecule has 6 nitrogen and oxygen atoms in total. The lowest BCUT2D eigenvalue weighted by Crippen LogP contribution is -2.69. The number of carbonyl (C=O) groups is 2. The third-order valence-electron chi connectivity index (χ3n) is 2.71. The fourth-order valence-electron chi connectivity index (χ4n) is 1.99. The van der Waals surface area contributed by atoms with Gasteiger partial charge in [0.1, 0.15) is 0 Å². The van der Waals surface area contributed by atoms with E-state index in [1.165, 1.54) is 6.42 Å². The molecule has 80 valence electrons. The first-order valence-corrected chi connectivity index (χ1v) is 4.44. The minimum atomic E-state index is -0.899. The van der Waals surface area contributed by atoms with Crippen LogP contribution in [-0.2, 0) is 4.79 Å². The van der Waals surface area contributed by atoms with E-state index in [9.17, 15) is 4.79 Å². The van der Waals surface area contributed by atoms with Crippen LogP contribution in [0.4, 0.5) is 4.79 Å². The van der Waals surface area contributed by atoms with Crippen molar-refractivity contribution in [2.45, 2.75) is 30.8 Å². The topological polar surface area (TPSA) is 98.7 Å². The molecule has 1 heterocycles. The molecule has 0 radical (unpaired) electrons. The highest BCUT2D eigenvalue weighted by Gasteiger charge is 2.48. The lowest BCUT2D eigenvalue weighted by Gasteiger charge is -2.54. The highest BCUT2D eigenvalue weighted by molar-refractivity contribution is 5.65. The van der Waals surface area contributed by atoms with Crippen LogP contribution < -0.4 is 10.6 Å². The predicted molar refractivity (Wildman–Crippen MR) is 48.2 cm³/mol. The summed E-state index contributed by atoms with van der Waals surface area (Å²) in [5.74, 6) is 0. The van der Waals surface area contributed by atoms with Gasteiger partial charge in [0.25, 0.3) is 6.47 Å². The van der Waals surface area contributed by atoms with Crippen LogP contribution in [0, 0.1) is 0 Å². The molecule has 4 N–H and O–H groups in total. The summed E-state index contributed by atoms with van der Waals surface area (Å²) >= 11 is 0. The number of nitrogens with one attached hydrogen (secondary N) is 2. The Morgan fingerprint density at radius 1 is 1.57 bits per heavy atom. The third kappa shape index (κ3) is 2.35. The van der Waals surface area contributed by atoms with E-state index >= 15 is 0 Å². The van der Waals surface area contributed by atoms with E-state index in [-0.39, 0.29) is 12.5 Å². The molecule has 0 bridgehead atoms. The average Bonchev–Trinajstić information content (AvgIpc) is 1.93. The second kappa shape index (κ2) is 4.28. The van der Waals surface area contributed by atoms with Crippen molar-refractivity contribution in [1.82, 2.24) is 10.6 Å². The summed E-state index contributed by atoms with van der Waals surface area (Å²) in [6.07, 6.45) is 2.26. The quantitative estimate of drug-likeness (QED) is 0.443. The molecule has 0 aromatic rings. The molecule has 1 saturated heterocycles. The van der Waals surface area contributed by atoms with Crippen LogP contribution in [0.1, 0.15) is 19.3 Å². The van der Waals surface area contributed by atoms with E-state index in [1.807, 2.05) is 0 Å². The van der Waals surface area contributed by atoms with E-state index in [4.69, 9.17) is 15.0 Å². The molecule has 0 aromatic heterocycles. The maximum atomic E-state index is 10.2. The van der Waals surface area contributed by atoms with Crippen molar-refractivity contribution in [3.05, 3.63) is 0 Å². The molecule has 14 heavy (non-hydrogen) atoms. The third-order valence-corrected chi connectivity index (χ3v) is 2.71. The van der Waals surface area contributed by atoms with Gasteiger partial charge in [-0.2, -0.15) is 0 Å². The van der Waals surface area contributed by atoms with Gasteiger partial charge in [-0.25, -0.2) is 4.79 Å². The van der Waals surface area contributed by atoms with Crippen LogP contribution in [0.15, 0.2) is 0 Å². The van der Waals surface area contributed by atoms with Crippen molar-refractivity contribution < 1.29 is 19.8 Å². The van der Waals surface area contributed by atoms with Gasteiger partial charge in [-0.1, -0.05) is 0 Å². The number of hydrogen-bond donors (Lipinski definition) is 4. The van der Waals surface area contributed by atoms with Crippen molar-refractivity contribution in [3.8, 4) is 0 Å². The Labute approximate surface area is 81.3 Å². The van der Waals surface area contributed by atoms with Gasteiger partial charge in [0, 0.05) is 11.6 Å². The molecule has 2 aliphatic rings. The molecule has 6 heteroatoms. The van der Waals surface area contributed by atoms with Crippen molar-refractivity contribution in [3.63, 3.8) is 0 Å². The molecule has 1 aliphatic carbocycles. The van der Waals surface area contributed by atoms with Crippen LogP contribution in [-0.4, -0.2) is 40.9 Å². The second-order valence-corrected chi connectivity index (χ2v) is 3.62. The Balaban J connectivity index is 0.000000293. The minimum absolute atomic E-state index is 0.195. The molecular formula is C8H14N2O4.